The van der Waals surface area contributed by atoms with Crippen molar-refractivity contribution in [3.63, 3.8) is 0 Å². The van der Waals surface area contributed by atoms with E-state index in [9.17, 15) is 18.7 Å². The van der Waals surface area contributed by atoms with E-state index in [-0.39, 0.29) is 54.0 Å². The van der Waals surface area contributed by atoms with Crippen molar-refractivity contribution < 1.29 is 28.5 Å². The highest BCUT2D eigenvalue weighted by Gasteiger charge is 2.49. The lowest BCUT2D eigenvalue weighted by Crippen LogP contribution is -2.52. The van der Waals surface area contributed by atoms with Crippen molar-refractivity contribution in [3.05, 3.63) is 17.2 Å². The fourth-order valence-electron chi connectivity index (χ4n) is 5.48. The number of aromatic nitrogens is 3. The fourth-order valence-corrected chi connectivity index (χ4v) is 5.62. The van der Waals surface area contributed by atoms with Gasteiger partial charge in [-0.05, 0) is 25.8 Å². The van der Waals surface area contributed by atoms with E-state index >= 15 is 0 Å². The smallest absolute Gasteiger partial charge is 0.404 e. The molecule has 2 aromatic heterocycles. The van der Waals surface area contributed by atoms with Crippen molar-refractivity contribution in [2.45, 2.75) is 49.5 Å². The van der Waals surface area contributed by atoms with Crippen LogP contribution in [0.2, 0.25) is 5.15 Å². The van der Waals surface area contributed by atoms with Crippen LogP contribution in [0.5, 0.6) is 6.01 Å². The number of pyridine rings is 1. The third-order valence-electron chi connectivity index (χ3n) is 6.89. The maximum atomic E-state index is 14.9. The number of fused-ring (bicyclic) bond motifs is 2. The lowest BCUT2D eigenvalue weighted by Gasteiger charge is -2.36. The van der Waals surface area contributed by atoms with Gasteiger partial charge in [0.15, 0.2) is 11.0 Å². The molecule has 10 nitrogen and oxygen atoms in total. The first-order valence-corrected chi connectivity index (χ1v) is 11.6. The number of carboxylic acid groups (broad SMARTS) is 1. The number of ether oxygens (including phenoxy) is 1. The Labute approximate surface area is 198 Å². The summed E-state index contributed by atoms with van der Waals surface area (Å²) in [5, 5.41) is 21.7. The Kier molecular flexibility index (Phi) is 6.07. The summed E-state index contributed by atoms with van der Waals surface area (Å²) in [6.45, 7) is 1.67. The molecule has 0 radical (unpaired) electrons. The highest BCUT2D eigenvalue weighted by atomic mass is 35.5. The number of β-amino-alcohol motifs (C(OH)–C–C–N with tert-alkyl or cyclic N) is 1. The SMILES string of the molecule is O=C(O)N[C@H]1C[C@H](O)CN(c2nc(OC[C@@]34CCCN3C[C@H](F)C4)nc3c(F)c(Cl)ncc23)C1. The molecule has 1 amide bonds. The van der Waals surface area contributed by atoms with E-state index < -0.39 is 35.8 Å². The molecule has 2 aromatic rings. The number of rotatable bonds is 5. The Hall–Kier alpha value is -2.57. The number of anilines is 1. The number of hydrogen-bond acceptors (Lipinski definition) is 8. The highest BCUT2D eigenvalue weighted by Crippen LogP contribution is 2.40. The number of hydrogen-bond donors (Lipinski definition) is 3. The van der Waals surface area contributed by atoms with Crippen molar-refractivity contribution in [1.82, 2.24) is 25.2 Å². The molecule has 3 aliphatic rings. The molecule has 0 aromatic carbocycles. The second kappa shape index (κ2) is 8.90. The van der Waals surface area contributed by atoms with E-state index in [2.05, 4.69) is 25.2 Å². The Morgan fingerprint density at radius 1 is 1.35 bits per heavy atom. The van der Waals surface area contributed by atoms with Gasteiger partial charge < -0.3 is 25.2 Å². The molecule has 5 heterocycles. The van der Waals surface area contributed by atoms with E-state index in [4.69, 9.17) is 21.4 Å². The molecular weight excluding hydrogens is 474 g/mol. The Balaban J connectivity index is 1.49. The molecule has 4 atom stereocenters. The van der Waals surface area contributed by atoms with Crippen LogP contribution in [-0.4, -0.2) is 92.8 Å². The molecule has 0 saturated carbocycles. The number of piperidine rings is 1. The zero-order valence-electron chi connectivity index (χ0n) is 18.3. The summed E-state index contributed by atoms with van der Waals surface area (Å²) < 4.78 is 35.0. The molecule has 34 heavy (non-hydrogen) atoms. The lowest BCUT2D eigenvalue weighted by molar-refractivity contribution is 0.107. The number of nitrogens with one attached hydrogen (secondary N) is 1. The van der Waals surface area contributed by atoms with Gasteiger partial charge in [-0.3, -0.25) is 4.90 Å². The summed E-state index contributed by atoms with van der Waals surface area (Å²) in [6, 6.07) is -0.665. The molecule has 3 N–H and O–H groups in total. The number of amides is 1. The van der Waals surface area contributed by atoms with E-state index in [1.165, 1.54) is 6.20 Å². The van der Waals surface area contributed by atoms with Gasteiger partial charge in [0.05, 0.1) is 23.1 Å². The van der Waals surface area contributed by atoms with E-state index in [1.807, 2.05) is 0 Å². The van der Waals surface area contributed by atoms with Crippen LogP contribution in [0, 0.1) is 5.82 Å². The second-order valence-electron chi connectivity index (χ2n) is 9.26. The molecule has 184 valence electrons. The molecule has 0 unspecified atom stereocenters. The number of nitrogens with zero attached hydrogens (tertiary/aromatic N) is 5. The van der Waals surface area contributed by atoms with E-state index in [1.54, 1.807) is 4.90 Å². The number of carbonyl (C=O) groups is 1. The van der Waals surface area contributed by atoms with E-state index in [0.717, 1.165) is 19.4 Å². The molecule has 0 aliphatic carbocycles. The quantitative estimate of drug-likeness (QED) is 0.531. The number of halogens is 3. The standard InChI is InChI=1S/C21H25ClF2N6O4/c22-17-15(24)16-14(6-25-17)18(29-8-12(26-20(32)33)4-13(31)9-29)28-19(27-16)34-10-21-2-1-3-30(21)7-11(23)5-21/h6,11-13,26,31H,1-5,7-10H2,(H,32,33)/t11-,12+,13+,21+/m1/s1. The summed E-state index contributed by atoms with van der Waals surface area (Å²) in [4.78, 5) is 27.4. The van der Waals surface area contributed by atoms with Crippen LogP contribution in [0.25, 0.3) is 10.9 Å². The predicted molar refractivity (Wildman–Crippen MR) is 119 cm³/mol. The maximum Gasteiger partial charge on any atom is 0.404 e. The van der Waals surface area contributed by atoms with Crippen molar-refractivity contribution in [2.75, 3.05) is 37.7 Å². The number of aliphatic hydroxyl groups is 1. The third kappa shape index (κ3) is 4.29. The maximum absolute atomic E-state index is 14.9. The van der Waals surface area contributed by atoms with Gasteiger partial charge in [0, 0.05) is 32.3 Å². The second-order valence-corrected chi connectivity index (χ2v) is 9.62. The molecular formula is C21H25ClF2N6O4. The van der Waals surface area contributed by atoms with Crippen molar-refractivity contribution >= 4 is 34.4 Å². The lowest BCUT2D eigenvalue weighted by atomic mass is 9.95. The van der Waals surface area contributed by atoms with Crippen LogP contribution in [0.3, 0.4) is 0 Å². The molecule has 5 rings (SSSR count). The average Bonchev–Trinajstić information content (AvgIpc) is 3.29. The van der Waals surface area contributed by atoms with Gasteiger partial charge in [0.25, 0.3) is 0 Å². The summed E-state index contributed by atoms with van der Waals surface area (Å²) in [7, 11) is 0. The molecule has 13 heteroatoms. The molecule has 3 aliphatic heterocycles. The predicted octanol–water partition coefficient (Wildman–Crippen LogP) is 1.98. The first kappa shape index (κ1) is 23.2. The minimum atomic E-state index is -1.21. The van der Waals surface area contributed by atoms with Crippen LogP contribution in [0.15, 0.2) is 6.20 Å². The van der Waals surface area contributed by atoms with Crippen LogP contribution >= 0.6 is 11.6 Å². The minimum absolute atomic E-state index is 0.0987. The Bertz CT molecular complexity index is 1110. The van der Waals surface area contributed by atoms with Crippen LogP contribution in [0.4, 0.5) is 19.4 Å². The molecule has 0 bridgehead atoms. The molecule has 3 fully saturated rings. The first-order chi connectivity index (χ1) is 16.2. The van der Waals surface area contributed by atoms with Gasteiger partial charge in [-0.2, -0.15) is 9.97 Å². The van der Waals surface area contributed by atoms with Crippen molar-refractivity contribution in [1.29, 1.82) is 0 Å². The summed E-state index contributed by atoms with van der Waals surface area (Å²) in [5.41, 5.74) is -0.539. The van der Waals surface area contributed by atoms with E-state index in [0.29, 0.717) is 13.0 Å². The van der Waals surface area contributed by atoms with Gasteiger partial charge in [0.1, 0.15) is 24.1 Å². The van der Waals surface area contributed by atoms with Gasteiger partial charge >= 0.3 is 12.1 Å². The van der Waals surface area contributed by atoms with Crippen molar-refractivity contribution in [2.24, 2.45) is 0 Å². The van der Waals surface area contributed by atoms with Crippen molar-refractivity contribution in [3.8, 4) is 6.01 Å². The highest BCUT2D eigenvalue weighted by molar-refractivity contribution is 6.30. The van der Waals surface area contributed by atoms with Gasteiger partial charge in [-0.25, -0.2) is 18.6 Å². The zero-order valence-corrected chi connectivity index (χ0v) is 19.0. The summed E-state index contributed by atoms with van der Waals surface area (Å²) >= 11 is 5.89. The number of aliphatic hydroxyl groups excluding tert-OH is 1. The third-order valence-corrected chi connectivity index (χ3v) is 7.15. The first-order valence-electron chi connectivity index (χ1n) is 11.2. The fraction of sp³-hybridized carbons (Fsp3) is 0.619. The summed E-state index contributed by atoms with van der Waals surface area (Å²) in [6.07, 6.45) is 0.692. The minimum Gasteiger partial charge on any atom is -0.465 e. The Morgan fingerprint density at radius 2 is 2.18 bits per heavy atom. The van der Waals surface area contributed by atoms with Gasteiger partial charge in [-0.1, -0.05) is 11.6 Å². The Morgan fingerprint density at radius 3 is 2.97 bits per heavy atom. The molecule has 0 spiro atoms. The zero-order chi connectivity index (χ0) is 24.0. The topological polar surface area (TPSA) is 124 Å². The number of alkyl halides is 1. The van der Waals surface area contributed by atoms with Crippen LogP contribution in [-0.2, 0) is 0 Å². The summed E-state index contributed by atoms with van der Waals surface area (Å²) in [5.74, 6) is -0.592. The van der Waals surface area contributed by atoms with Gasteiger partial charge in [-0.15, -0.1) is 0 Å². The molecule has 3 saturated heterocycles. The normalized spacial score (nSPS) is 29.4. The monoisotopic (exact) mass is 498 g/mol. The van der Waals surface area contributed by atoms with Crippen LogP contribution in [0.1, 0.15) is 25.7 Å². The van der Waals surface area contributed by atoms with Gasteiger partial charge in [0.2, 0.25) is 0 Å². The van der Waals surface area contributed by atoms with Crippen LogP contribution < -0.4 is 15.0 Å². The average molecular weight is 499 g/mol. The largest absolute Gasteiger partial charge is 0.465 e.